The molecule has 0 saturated carbocycles. The van der Waals surface area contributed by atoms with E-state index in [9.17, 15) is 8.42 Å². The number of hydrogen-bond donors (Lipinski definition) is 1. The van der Waals surface area contributed by atoms with Crippen molar-refractivity contribution in [2.75, 3.05) is 38.3 Å². The van der Waals surface area contributed by atoms with E-state index in [1.165, 1.54) is 0 Å². The molecule has 1 rings (SSSR count). The molecule has 1 heterocycles. The summed E-state index contributed by atoms with van der Waals surface area (Å²) in [6, 6.07) is 0. The van der Waals surface area contributed by atoms with Gasteiger partial charge in [0, 0.05) is 13.7 Å². The van der Waals surface area contributed by atoms with Crippen LogP contribution in [0.5, 0.6) is 0 Å². The summed E-state index contributed by atoms with van der Waals surface area (Å²) in [5.74, 6) is 2.25. The molecule has 1 aliphatic rings. The molecule has 1 saturated heterocycles. The summed E-state index contributed by atoms with van der Waals surface area (Å²) in [6.45, 7) is 6.91. The van der Waals surface area contributed by atoms with Gasteiger partial charge in [0.15, 0.2) is 9.84 Å². The third kappa shape index (κ3) is 6.23. The first-order valence-electron chi connectivity index (χ1n) is 7.38. The fourth-order valence-electron chi connectivity index (χ4n) is 2.78. The molecule has 0 spiro atoms. The van der Waals surface area contributed by atoms with Crippen molar-refractivity contribution >= 4 is 9.84 Å². The highest BCUT2D eigenvalue weighted by Crippen LogP contribution is 2.30. The van der Waals surface area contributed by atoms with Crippen LogP contribution in [0.4, 0.5) is 0 Å². The molecule has 1 aliphatic heterocycles. The lowest BCUT2D eigenvalue weighted by atomic mass is 9.83. The van der Waals surface area contributed by atoms with Crippen molar-refractivity contribution in [2.24, 2.45) is 17.8 Å². The van der Waals surface area contributed by atoms with Gasteiger partial charge in [-0.25, -0.2) is 8.42 Å². The predicted molar refractivity (Wildman–Crippen MR) is 79.1 cm³/mol. The van der Waals surface area contributed by atoms with Gasteiger partial charge in [0.2, 0.25) is 0 Å². The Labute approximate surface area is 118 Å². The van der Waals surface area contributed by atoms with Crippen LogP contribution in [-0.4, -0.2) is 46.7 Å². The van der Waals surface area contributed by atoms with Crippen molar-refractivity contribution in [3.05, 3.63) is 0 Å². The van der Waals surface area contributed by atoms with Gasteiger partial charge in [-0.15, -0.1) is 0 Å². The molecule has 5 heteroatoms. The minimum Gasteiger partial charge on any atom is -0.383 e. The summed E-state index contributed by atoms with van der Waals surface area (Å²) < 4.78 is 28.3. The molecule has 1 N–H and O–H groups in total. The van der Waals surface area contributed by atoms with Crippen molar-refractivity contribution in [3.63, 3.8) is 0 Å². The van der Waals surface area contributed by atoms with Crippen LogP contribution in [0.15, 0.2) is 0 Å². The second-order valence-electron chi connectivity index (χ2n) is 5.87. The number of methoxy groups -OCH3 is 1. The summed E-state index contributed by atoms with van der Waals surface area (Å²) in [4.78, 5) is 0. The molecule has 19 heavy (non-hydrogen) atoms. The van der Waals surface area contributed by atoms with Crippen LogP contribution in [0, 0.1) is 17.8 Å². The van der Waals surface area contributed by atoms with E-state index >= 15 is 0 Å². The minimum absolute atomic E-state index is 0.342. The molecule has 0 amide bonds. The Hall–Kier alpha value is -0.130. The topological polar surface area (TPSA) is 55.4 Å². The molecule has 0 aromatic carbocycles. The average molecular weight is 291 g/mol. The predicted octanol–water partition coefficient (Wildman–Crippen LogP) is 1.71. The van der Waals surface area contributed by atoms with E-state index in [0.717, 1.165) is 32.4 Å². The zero-order chi connectivity index (χ0) is 14.3. The zero-order valence-corrected chi connectivity index (χ0v) is 13.3. The third-order valence-corrected chi connectivity index (χ3v) is 6.02. The van der Waals surface area contributed by atoms with Gasteiger partial charge in [-0.2, -0.15) is 0 Å². The lowest BCUT2D eigenvalue weighted by Gasteiger charge is -2.25. The van der Waals surface area contributed by atoms with Crippen LogP contribution in [0.3, 0.4) is 0 Å². The number of nitrogens with one attached hydrogen (secondary N) is 1. The van der Waals surface area contributed by atoms with Gasteiger partial charge in [-0.05, 0) is 37.1 Å². The van der Waals surface area contributed by atoms with E-state index in [-0.39, 0.29) is 0 Å². The first kappa shape index (κ1) is 16.9. The van der Waals surface area contributed by atoms with E-state index in [4.69, 9.17) is 4.74 Å². The van der Waals surface area contributed by atoms with E-state index in [1.807, 2.05) is 0 Å². The Morgan fingerprint density at radius 3 is 2.68 bits per heavy atom. The summed E-state index contributed by atoms with van der Waals surface area (Å²) in [5.41, 5.74) is 0. The number of rotatable bonds is 9. The van der Waals surface area contributed by atoms with Crippen molar-refractivity contribution < 1.29 is 13.2 Å². The van der Waals surface area contributed by atoms with E-state index in [2.05, 4.69) is 19.2 Å². The van der Waals surface area contributed by atoms with E-state index in [1.54, 1.807) is 7.11 Å². The molecule has 4 nitrogen and oxygen atoms in total. The van der Waals surface area contributed by atoms with Gasteiger partial charge < -0.3 is 10.1 Å². The number of hydrogen-bond acceptors (Lipinski definition) is 4. The van der Waals surface area contributed by atoms with Crippen LogP contribution in [0.2, 0.25) is 0 Å². The second kappa shape index (κ2) is 8.22. The smallest absolute Gasteiger partial charge is 0.150 e. The molecule has 0 aromatic heterocycles. The third-order valence-electron chi connectivity index (χ3n) is 4.23. The van der Waals surface area contributed by atoms with Gasteiger partial charge in [0.05, 0.1) is 18.1 Å². The van der Waals surface area contributed by atoms with Gasteiger partial charge >= 0.3 is 0 Å². The molecule has 0 aromatic rings. The highest BCUT2D eigenvalue weighted by atomic mass is 32.2. The molecule has 114 valence electrons. The summed E-state index contributed by atoms with van der Waals surface area (Å²) in [7, 11) is -1.07. The van der Waals surface area contributed by atoms with Crippen LogP contribution in [0.1, 0.15) is 33.1 Å². The average Bonchev–Trinajstić information content (AvgIpc) is 2.73. The SMILES string of the molecule is CCC(C)CC(CNCCOC)C1CCS(=O)(=O)C1. The minimum atomic E-state index is -2.77. The van der Waals surface area contributed by atoms with Gasteiger partial charge in [0.1, 0.15) is 0 Å². The molecular weight excluding hydrogens is 262 g/mol. The van der Waals surface area contributed by atoms with Gasteiger partial charge in [-0.3, -0.25) is 0 Å². The normalized spacial score (nSPS) is 25.3. The number of ether oxygens (including phenoxy) is 1. The molecule has 0 bridgehead atoms. The molecule has 3 unspecified atom stereocenters. The van der Waals surface area contributed by atoms with Gasteiger partial charge in [0.25, 0.3) is 0 Å². The largest absolute Gasteiger partial charge is 0.383 e. The Morgan fingerprint density at radius 1 is 1.42 bits per heavy atom. The summed E-state index contributed by atoms with van der Waals surface area (Å²) in [5, 5.41) is 3.40. The van der Waals surface area contributed by atoms with Gasteiger partial charge in [-0.1, -0.05) is 20.3 Å². The molecular formula is C14H29NO3S. The monoisotopic (exact) mass is 291 g/mol. The molecule has 0 aliphatic carbocycles. The van der Waals surface area contributed by atoms with Crippen LogP contribution >= 0.6 is 0 Å². The first-order chi connectivity index (χ1) is 8.98. The van der Waals surface area contributed by atoms with Crippen LogP contribution in [0.25, 0.3) is 0 Å². The quantitative estimate of drug-likeness (QED) is 0.657. The molecule has 3 atom stereocenters. The second-order valence-corrected chi connectivity index (χ2v) is 8.10. The van der Waals surface area contributed by atoms with Crippen LogP contribution < -0.4 is 5.32 Å². The van der Waals surface area contributed by atoms with Crippen molar-refractivity contribution in [2.45, 2.75) is 33.1 Å². The molecule has 0 radical (unpaired) electrons. The standard InChI is InChI=1S/C14H29NO3S/c1-4-12(2)9-14(10-15-6-7-18-3)13-5-8-19(16,17)11-13/h12-15H,4-11H2,1-3H3. The zero-order valence-electron chi connectivity index (χ0n) is 12.5. The fraction of sp³-hybridized carbons (Fsp3) is 1.00. The Balaban J connectivity index is 2.49. The summed E-state index contributed by atoms with van der Waals surface area (Å²) in [6.07, 6.45) is 3.13. The Morgan fingerprint density at radius 2 is 2.16 bits per heavy atom. The van der Waals surface area contributed by atoms with Crippen molar-refractivity contribution in [1.82, 2.24) is 5.32 Å². The lowest BCUT2D eigenvalue weighted by molar-refractivity contribution is 0.193. The Kier molecular flexibility index (Phi) is 7.32. The first-order valence-corrected chi connectivity index (χ1v) is 9.20. The van der Waals surface area contributed by atoms with E-state index in [0.29, 0.717) is 35.9 Å². The fourth-order valence-corrected chi connectivity index (χ4v) is 4.70. The van der Waals surface area contributed by atoms with Crippen LogP contribution in [-0.2, 0) is 14.6 Å². The summed E-state index contributed by atoms with van der Waals surface area (Å²) >= 11 is 0. The lowest BCUT2D eigenvalue weighted by Crippen LogP contribution is -2.32. The maximum Gasteiger partial charge on any atom is 0.150 e. The number of sulfone groups is 1. The molecule has 1 fully saturated rings. The van der Waals surface area contributed by atoms with Crippen molar-refractivity contribution in [3.8, 4) is 0 Å². The highest BCUT2D eigenvalue weighted by molar-refractivity contribution is 7.91. The maximum atomic E-state index is 11.6. The van der Waals surface area contributed by atoms with E-state index < -0.39 is 9.84 Å². The van der Waals surface area contributed by atoms with Crippen molar-refractivity contribution in [1.29, 1.82) is 0 Å². The Bertz CT molecular complexity index is 343. The highest BCUT2D eigenvalue weighted by Gasteiger charge is 2.33. The maximum absolute atomic E-state index is 11.6.